The minimum Gasteiger partial charge on any atom is -0.481 e. The van der Waals surface area contributed by atoms with Crippen molar-refractivity contribution in [2.24, 2.45) is 17.3 Å². The molecule has 1 unspecified atom stereocenters. The van der Waals surface area contributed by atoms with Crippen LogP contribution in [-0.2, 0) is 9.59 Å². The second kappa shape index (κ2) is 5.04. The molecule has 5 nitrogen and oxygen atoms in total. The van der Waals surface area contributed by atoms with Gasteiger partial charge >= 0.3 is 5.97 Å². The van der Waals surface area contributed by atoms with Gasteiger partial charge in [-0.25, -0.2) is 0 Å². The van der Waals surface area contributed by atoms with Crippen LogP contribution in [-0.4, -0.2) is 34.7 Å². The number of carboxylic acids is 1. The highest BCUT2D eigenvalue weighted by molar-refractivity contribution is 5.91. The van der Waals surface area contributed by atoms with Gasteiger partial charge in [0.2, 0.25) is 5.91 Å². The first-order chi connectivity index (χ1) is 7.82. The number of aliphatic hydroxyl groups excluding tert-OH is 1. The molecule has 0 spiro atoms. The standard InChI is InChI=1S/C12H21NO4/c1-4-5-7(14)6-13-10(15)8-9(11(16)17)12(8,2)3/h7-9,14H,4-6H2,1-3H3,(H,13,15)(H,16,17)/t7?,8-,9+/m1/s1. The van der Waals surface area contributed by atoms with E-state index in [0.717, 1.165) is 6.42 Å². The predicted octanol–water partition coefficient (Wildman–Crippen LogP) is 0.620. The average Bonchev–Trinajstić information content (AvgIpc) is 2.79. The van der Waals surface area contributed by atoms with Gasteiger partial charge in [-0.2, -0.15) is 0 Å². The molecule has 0 aliphatic heterocycles. The van der Waals surface area contributed by atoms with Crippen molar-refractivity contribution in [1.82, 2.24) is 5.32 Å². The number of hydrogen-bond donors (Lipinski definition) is 3. The van der Waals surface area contributed by atoms with Crippen LogP contribution in [0, 0.1) is 17.3 Å². The molecule has 0 aromatic rings. The number of rotatable bonds is 6. The number of aliphatic hydroxyl groups is 1. The third-order valence-electron chi connectivity index (χ3n) is 3.51. The predicted molar refractivity (Wildman–Crippen MR) is 62.3 cm³/mol. The minimum atomic E-state index is -0.927. The lowest BCUT2D eigenvalue weighted by Crippen LogP contribution is -2.34. The number of aliphatic carboxylic acids is 1. The molecule has 1 aliphatic rings. The summed E-state index contributed by atoms with van der Waals surface area (Å²) in [5, 5.41) is 21.0. The zero-order chi connectivity index (χ0) is 13.2. The lowest BCUT2D eigenvalue weighted by atomic mass is 10.1. The zero-order valence-corrected chi connectivity index (χ0v) is 10.6. The van der Waals surface area contributed by atoms with E-state index in [4.69, 9.17) is 5.11 Å². The van der Waals surface area contributed by atoms with E-state index in [1.54, 1.807) is 13.8 Å². The van der Waals surface area contributed by atoms with Crippen molar-refractivity contribution in [3.05, 3.63) is 0 Å². The summed E-state index contributed by atoms with van der Waals surface area (Å²) < 4.78 is 0. The van der Waals surface area contributed by atoms with E-state index in [-0.39, 0.29) is 12.5 Å². The van der Waals surface area contributed by atoms with Crippen LogP contribution < -0.4 is 5.32 Å². The smallest absolute Gasteiger partial charge is 0.307 e. The second-order valence-electron chi connectivity index (χ2n) is 5.30. The van der Waals surface area contributed by atoms with Gasteiger partial charge in [0.1, 0.15) is 0 Å². The Morgan fingerprint density at radius 3 is 2.35 bits per heavy atom. The summed E-state index contributed by atoms with van der Waals surface area (Å²) in [5.74, 6) is -2.28. The van der Waals surface area contributed by atoms with Crippen LogP contribution in [0.2, 0.25) is 0 Å². The Bertz CT molecular complexity index is 314. The fraction of sp³-hybridized carbons (Fsp3) is 0.833. The number of amides is 1. The Morgan fingerprint density at radius 2 is 1.94 bits per heavy atom. The third kappa shape index (κ3) is 2.97. The highest BCUT2D eigenvalue weighted by Crippen LogP contribution is 2.58. The fourth-order valence-corrected chi connectivity index (χ4v) is 2.35. The molecule has 0 aromatic carbocycles. The average molecular weight is 243 g/mol. The van der Waals surface area contributed by atoms with Crippen LogP contribution in [0.1, 0.15) is 33.6 Å². The van der Waals surface area contributed by atoms with Crippen LogP contribution in [0.4, 0.5) is 0 Å². The molecular formula is C12H21NO4. The molecule has 0 heterocycles. The number of carbonyl (C=O) groups is 2. The fourth-order valence-electron chi connectivity index (χ4n) is 2.35. The SMILES string of the molecule is CCCC(O)CNC(=O)[C@H]1[C@@H](C(=O)O)C1(C)C. The molecule has 1 fully saturated rings. The van der Waals surface area contributed by atoms with E-state index in [9.17, 15) is 14.7 Å². The second-order valence-corrected chi connectivity index (χ2v) is 5.30. The van der Waals surface area contributed by atoms with Crippen LogP contribution in [0.3, 0.4) is 0 Å². The molecule has 1 aliphatic carbocycles. The molecule has 1 rings (SSSR count). The first-order valence-electron chi connectivity index (χ1n) is 6.01. The normalized spacial score (nSPS) is 27.3. The van der Waals surface area contributed by atoms with Crippen molar-refractivity contribution >= 4 is 11.9 Å². The van der Waals surface area contributed by atoms with E-state index in [1.165, 1.54) is 0 Å². The Morgan fingerprint density at radius 1 is 1.35 bits per heavy atom. The van der Waals surface area contributed by atoms with Crippen molar-refractivity contribution in [2.45, 2.75) is 39.7 Å². The minimum absolute atomic E-state index is 0.200. The van der Waals surface area contributed by atoms with Gasteiger partial charge in [-0.05, 0) is 11.8 Å². The lowest BCUT2D eigenvalue weighted by Gasteiger charge is -2.11. The topological polar surface area (TPSA) is 86.6 Å². The van der Waals surface area contributed by atoms with E-state index >= 15 is 0 Å². The first-order valence-corrected chi connectivity index (χ1v) is 6.01. The molecule has 0 saturated heterocycles. The van der Waals surface area contributed by atoms with E-state index in [2.05, 4.69) is 5.32 Å². The monoisotopic (exact) mass is 243 g/mol. The molecule has 3 atom stereocenters. The van der Waals surface area contributed by atoms with Crippen LogP contribution in [0.5, 0.6) is 0 Å². The van der Waals surface area contributed by atoms with Crippen LogP contribution in [0.25, 0.3) is 0 Å². The van der Waals surface area contributed by atoms with Gasteiger partial charge in [0.05, 0.1) is 17.9 Å². The molecular weight excluding hydrogens is 222 g/mol. The van der Waals surface area contributed by atoms with Gasteiger partial charge in [-0.15, -0.1) is 0 Å². The van der Waals surface area contributed by atoms with Gasteiger partial charge in [-0.1, -0.05) is 27.2 Å². The largest absolute Gasteiger partial charge is 0.481 e. The van der Waals surface area contributed by atoms with Gasteiger partial charge < -0.3 is 15.5 Å². The Balaban J connectivity index is 2.43. The molecule has 0 radical (unpaired) electrons. The molecule has 3 N–H and O–H groups in total. The molecule has 98 valence electrons. The van der Waals surface area contributed by atoms with E-state index in [1.807, 2.05) is 6.92 Å². The van der Waals surface area contributed by atoms with Crippen molar-refractivity contribution in [2.75, 3.05) is 6.54 Å². The van der Waals surface area contributed by atoms with Crippen molar-refractivity contribution in [3.8, 4) is 0 Å². The summed E-state index contributed by atoms with van der Waals surface area (Å²) in [6.45, 7) is 5.71. The van der Waals surface area contributed by atoms with Gasteiger partial charge in [0, 0.05) is 6.54 Å². The highest BCUT2D eigenvalue weighted by atomic mass is 16.4. The van der Waals surface area contributed by atoms with Crippen molar-refractivity contribution in [1.29, 1.82) is 0 Å². The summed E-state index contributed by atoms with van der Waals surface area (Å²) >= 11 is 0. The van der Waals surface area contributed by atoms with Crippen LogP contribution >= 0.6 is 0 Å². The number of nitrogens with one attached hydrogen (secondary N) is 1. The quantitative estimate of drug-likeness (QED) is 0.638. The molecule has 1 saturated carbocycles. The third-order valence-corrected chi connectivity index (χ3v) is 3.51. The van der Waals surface area contributed by atoms with Crippen molar-refractivity contribution < 1.29 is 19.8 Å². The van der Waals surface area contributed by atoms with E-state index < -0.39 is 29.3 Å². The number of carboxylic acid groups (broad SMARTS) is 1. The maximum absolute atomic E-state index is 11.8. The lowest BCUT2D eigenvalue weighted by molar-refractivity contribution is -0.140. The van der Waals surface area contributed by atoms with Gasteiger partial charge in [-0.3, -0.25) is 9.59 Å². The summed E-state index contributed by atoms with van der Waals surface area (Å²) in [5.41, 5.74) is -0.481. The van der Waals surface area contributed by atoms with E-state index in [0.29, 0.717) is 6.42 Å². The summed E-state index contributed by atoms with van der Waals surface area (Å²) in [7, 11) is 0. The molecule has 1 amide bonds. The molecule has 5 heteroatoms. The number of hydrogen-bond acceptors (Lipinski definition) is 3. The zero-order valence-electron chi connectivity index (χ0n) is 10.6. The van der Waals surface area contributed by atoms with Crippen LogP contribution in [0.15, 0.2) is 0 Å². The summed E-state index contributed by atoms with van der Waals surface area (Å²) in [6.07, 6.45) is 0.939. The summed E-state index contributed by atoms with van der Waals surface area (Å²) in [6, 6.07) is 0. The van der Waals surface area contributed by atoms with Gasteiger partial charge in [0.15, 0.2) is 0 Å². The maximum Gasteiger partial charge on any atom is 0.307 e. The molecule has 0 aromatic heterocycles. The van der Waals surface area contributed by atoms with Crippen molar-refractivity contribution in [3.63, 3.8) is 0 Å². The maximum atomic E-state index is 11.8. The summed E-state index contributed by atoms with van der Waals surface area (Å²) in [4.78, 5) is 22.7. The Labute approximate surface area is 101 Å². The Kier molecular flexibility index (Phi) is 4.14. The molecule has 17 heavy (non-hydrogen) atoms. The molecule has 0 bridgehead atoms. The van der Waals surface area contributed by atoms with Gasteiger partial charge in [0.25, 0.3) is 0 Å². The Hall–Kier alpha value is -1.10. The first kappa shape index (κ1) is 14.0. The number of carbonyl (C=O) groups excluding carboxylic acids is 1. The highest BCUT2D eigenvalue weighted by Gasteiger charge is 2.65.